The van der Waals surface area contributed by atoms with Gasteiger partial charge in [0.25, 0.3) is 0 Å². The zero-order valence-electron chi connectivity index (χ0n) is 16.7. The van der Waals surface area contributed by atoms with Gasteiger partial charge in [0.1, 0.15) is 5.82 Å². The van der Waals surface area contributed by atoms with Crippen molar-refractivity contribution >= 4 is 34.9 Å². The lowest BCUT2D eigenvalue weighted by atomic mass is 10.2. The summed E-state index contributed by atoms with van der Waals surface area (Å²) in [6, 6.07) is 4.72. The quantitative estimate of drug-likeness (QED) is 0.654. The van der Waals surface area contributed by atoms with Crippen LogP contribution in [-0.4, -0.2) is 60.5 Å². The summed E-state index contributed by atoms with van der Waals surface area (Å²) in [5.41, 5.74) is -0.502. The van der Waals surface area contributed by atoms with Crippen LogP contribution in [0.15, 0.2) is 30.5 Å². The number of benzene rings is 1. The molecule has 1 aromatic heterocycles. The van der Waals surface area contributed by atoms with E-state index < -0.39 is 41.6 Å². The number of pyridine rings is 1. The van der Waals surface area contributed by atoms with Gasteiger partial charge in [-0.1, -0.05) is 11.6 Å². The van der Waals surface area contributed by atoms with Crippen LogP contribution in [0.5, 0.6) is 0 Å². The minimum atomic E-state index is -1.68. The molecular formula is C20H21ClF3N5O2. The summed E-state index contributed by atoms with van der Waals surface area (Å²) in [4.78, 5) is 32.7. The van der Waals surface area contributed by atoms with Gasteiger partial charge in [-0.2, -0.15) is 0 Å². The number of rotatable bonds is 6. The maximum absolute atomic E-state index is 13.6. The van der Waals surface area contributed by atoms with Crippen LogP contribution < -0.4 is 15.5 Å². The Morgan fingerprint density at radius 3 is 2.45 bits per heavy atom. The predicted molar refractivity (Wildman–Crippen MR) is 110 cm³/mol. The van der Waals surface area contributed by atoms with E-state index in [-0.39, 0.29) is 5.91 Å². The molecule has 0 bridgehead atoms. The van der Waals surface area contributed by atoms with Crippen LogP contribution >= 0.6 is 11.6 Å². The minimum absolute atomic E-state index is 0.376. The van der Waals surface area contributed by atoms with Crippen LogP contribution in [0.1, 0.15) is 6.92 Å². The van der Waals surface area contributed by atoms with E-state index in [1.807, 2.05) is 11.0 Å². The second-order valence-electron chi connectivity index (χ2n) is 7.02. The highest BCUT2D eigenvalue weighted by Crippen LogP contribution is 2.19. The topological polar surface area (TPSA) is 77.6 Å². The minimum Gasteiger partial charge on any atom is -0.354 e. The van der Waals surface area contributed by atoms with Crippen LogP contribution in [0.2, 0.25) is 5.02 Å². The molecule has 0 radical (unpaired) electrons. The SMILES string of the molecule is CC(C(=O)NCC(=O)Nc1ccc(F)c(F)c1F)N1CCN(c2ccc(Cl)cn2)CC1. The van der Waals surface area contributed by atoms with Crippen molar-refractivity contribution in [2.75, 3.05) is 42.9 Å². The first-order chi connectivity index (χ1) is 14.8. The van der Waals surface area contributed by atoms with Crippen molar-refractivity contribution in [3.05, 3.63) is 52.9 Å². The molecule has 2 amide bonds. The maximum atomic E-state index is 13.6. The molecule has 31 heavy (non-hydrogen) atoms. The molecule has 1 fully saturated rings. The molecule has 1 saturated heterocycles. The number of carbonyl (C=O) groups is 2. The van der Waals surface area contributed by atoms with Crippen LogP contribution in [-0.2, 0) is 9.59 Å². The van der Waals surface area contributed by atoms with E-state index in [1.54, 1.807) is 19.2 Å². The van der Waals surface area contributed by atoms with Crippen molar-refractivity contribution in [1.29, 1.82) is 0 Å². The van der Waals surface area contributed by atoms with Crippen molar-refractivity contribution in [3.63, 3.8) is 0 Å². The first kappa shape index (κ1) is 22.8. The van der Waals surface area contributed by atoms with E-state index in [0.29, 0.717) is 37.3 Å². The molecule has 1 aliphatic heterocycles. The predicted octanol–water partition coefficient (Wildman–Crippen LogP) is 2.42. The number of hydrogen-bond acceptors (Lipinski definition) is 5. The number of carbonyl (C=O) groups excluding carboxylic acids is 2. The van der Waals surface area contributed by atoms with Gasteiger partial charge in [-0.05, 0) is 31.2 Å². The lowest BCUT2D eigenvalue weighted by Crippen LogP contribution is -2.54. The monoisotopic (exact) mass is 455 g/mol. The Kier molecular flexibility index (Phi) is 7.34. The average Bonchev–Trinajstić information content (AvgIpc) is 2.78. The second kappa shape index (κ2) is 9.97. The van der Waals surface area contributed by atoms with Gasteiger partial charge in [0.2, 0.25) is 11.8 Å². The van der Waals surface area contributed by atoms with E-state index in [1.165, 1.54) is 0 Å². The number of piperazine rings is 1. The lowest BCUT2D eigenvalue weighted by Gasteiger charge is -2.37. The first-order valence-electron chi connectivity index (χ1n) is 9.58. The molecule has 0 aliphatic carbocycles. The van der Waals surface area contributed by atoms with Crippen LogP contribution in [0.25, 0.3) is 0 Å². The van der Waals surface area contributed by atoms with Crippen molar-refractivity contribution in [2.24, 2.45) is 0 Å². The fourth-order valence-electron chi connectivity index (χ4n) is 3.19. The van der Waals surface area contributed by atoms with E-state index >= 15 is 0 Å². The number of nitrogens with one attached hydrogen (secondary N) is 2. The van der Waals surface area contributed by atoms with Crippen molar-refractivity contribution in [2.45, 2.75) is 13.0 Å². The Balaban J connectivity index is 1.46. The summed E-state index contributed by atoms with van der Waals surface area (Å²) >= 11 is 5.86. The van der Waals surface area contributed by atoms with Gasteiger partial charge in [0, 0.05) is 32.4 Å². The van der Waals surface area contributed by atoms with E-state index in [4.69, 9.17) is 11.6 Å². The molecule has 3 rings (SSSR count). The highest BCUT2D eigenvalue weighted by molar-refractivity contribution is 6.30. The molecule has 0 saturated carbocycles. The first-order valence-corrected chi connectivity index (χ1v) is 9.95. The summed E-state index contributed by atoms with van der Waals surface area (Å²) in [6.07, 6.45) is 1.58. The van der Waals surface area contributed by atoms with Gasteiger partial charge in [0.05, 0.1) is 23.3 Å². The smallest absolute Gasteiger partial charge is 0.243 e. The van der Waals surface area contributed by atoms with Crippen molar-refractivity contribution in [1.82, 2.24) is 15.2 Å². The Morgan fingerprint density at radius 1 is 1.10 bits per heavy atom. The number of halogens is 4. The molecule has 2 aromatic rings. The Bertz CT molecular complexity index is 953. The molecular weight excluding hydrogens is 435 g/mol. The molecule has 1 atom stereocenters. The van der Waals surface area contributed by atoms with E-state index in [9.17, 15) is 22.8 Å². The number of nitrogens with zero attached hydrogens (tertiary/aromatic N) is 3. The summed E-state index contributed by atoms with van der Waals surface area (Å²) in [5.74, 6) is -4.86. The normalized spacial score (nSPS) is 15.5. The molecule has 11 heteroatoms. The third-order valence-electron chi connectivity index (χ3n) is 5.01. The molecule has 2 heterocycles. The summed E-state index contributed by atoms with van der Waals surface area (Å²) < 4.78 is 39.8. The molecule has 1 unspecified atom stereocenters. The molecule has 1 aromatic carbocycles. The standard InChI is InChI=1S/C20H21ClF3N5O2/c1-12(28-6-8-29(9-7-28)16-5-2-13(21)10-25-16)20(31)26-11-17(30)27-15-4-3-14(22)18(23)19(15)24/h2-5,10,12H,6-9,11H2,1H3,(H,26,31)(H,27,30). The van der Waals surface area contributed by atoms with Crippen molar-refractivity contribution < 1.29 is 22.8 Å². The fraction of sp³-hybridized carbons (Fsp3) is 0.350. The fourth-order valence-corrected chi connectivity index (χ4v) is 3.30. The highest BCUT2D eigenvalue weighted by Gasteiger charge is 2.26. The Morgan fingerprint density at radius 2 is 1.81 bits per heavy atom. The third kappa shape index (κ3) is 5.65. The zero-order chi connectivity index (χ0) is 22.5. The van der Waals surface area contributed by atoms with Crippen molar-refractivity contribution in [3.8, 4) is 0 Å². The summed E-state index contributed by atoms with van der Waals surface area (Å²) in [7, 11) is 0. The number of hydrogen-bond donors (Lipinski definition) is 2. The van der Waals surface area contributed by atoms with Gasteiger partial charge in [-0.3, -0.25) is 14.5 Å². The Hall–Kier alpha value is -2.85. The van der Waals surface area contributed by atoms with Gasteiger partial charge in [-0.25, -0.2) is 18.2 Å². The number of aromatic nitrogens is 1. The van der Waals surface area contributed by atoms with E-state index in [0.717, 1.165) is 11.9 Å². The van der Waals surface area contributed by atoms with E-state index in [2.05, 4.69) is 20.5 Å². The van der Waals surface area contributed by atoms with Gasteiger partial charge < -0.3 is 15.5 Å². The molecule has 166 valence electrons. The maximum Gasteiger partial charge on any atom is 0.243 e. The number of amides is 2. The zero-order valence-corrected chi connectivity index (χ0v) is 17.4. The van der Waals surface area contributed by atoms with Crippen LogP contribution in [0.3, 0.4) is 0 Å². The summed E-state index contributed by atoms with van der Waals surface area (Å²) in [5, 5.41) is 5.14. The molecule has 2 N–H and O–H groups in total. The lowest BCUT2D eigenvalue weighted by molar-refractivity contribution is -0.128. The number of anilines is 2. The van der Waals surface area contributed by atoms with Crippen LogP contribution in [0, 0.1) is 17.5 Å². The molecule has 0 spiro atoms. The molecule has 1 aliphatic rings. The second-order valence-corrected chi connectivity index (χ2v) is 7.46. The summed E-state index contributed by atoms with van der Waals surface area (Å²) in [6.45, 7) is 3.86. The Labute approximate surface area is 182 Å². The third-order valence-corrected chi connectivity index (χ3v) is 5.23. The van der Waals surface area contributed by atoms with Crippen LogP contribution in [0.4, 0.5) is 24.7 Å². The molecule has 7 nitrogen and oxygen atoms in total. The van der Waals surface area contributed by atoms with Gasteiger partial charge in [-0.15, -0.1) is 0 Å². The van der Waals surface area contributed by atoms with Gasteiger partial charge >= 0.3 is 0 Å². The largest absolute Gasteiger partial charge is 0.354 e. The van der Waals surface area contributed by atoms with Gasteiger partial charge in [0.15, 0.2) is 17.5 Å². The average molecular weight is 456 g/mol. The highest BCUT2D eigenvalue weighted by atomic mass is 35.5.